The van der Waals surface area contributed by atoms with Gasteiger partial charge in [0.1, 0.15) is 12.1 Å². The average Bonchev–Trinajstić information content (AvgIpc) is 2.64. The van der Waals surface area contributed by atoms with Crippen LogP contribution >= 0.6 is 0 Å². The van der Waals surface area contributed by atoms with Crippen molar-refractivity contribution in [1.82, 2.24) is 20.2 Å². The minimum absolute atomic E-state index is 0.0163. The molecule has 0 bridgehead atoms. The van der Waals surface area contributed by atoms with E-state index in [1.165, 1.54) is 0 Å². The molecule has 128 valence electrons. The lowest BCUT2D eigenvalue weighted by molar-refractivity contribution is -0.121. The van der Waals surface area contributed by atoms with E-state index >= 15 is 0 Å². The number of nitrogens with one attached hydrogen (secondary N) is 1. The molecular formula is C18H24N4O2. The van der Waals surface area contributed by atoms with Gasteiger partial charge in [-0.15, -0.1) is 0 Å². The summed E-state index contributed by atoms with van der Waals surface area (Å²) < 4.78 is 5.28. The predicted molar refractivity (Wildman–Crippen MR) is 92.5 cm³/mol. The Labute approximate surface area is 142 Å². The number of amides is 1. The standard InChI is InChI=1S/C18H24N4O2/c1-14(16-8-10-19-13-21-16)22(2)11-9-18(23)20-12-15-6-4-5-7-17(15)24-3/h4-8,10,13-14H,9,11-12H2,1-3H3,(H,20,23)/t14-/m1/s1. The topological polar surface area (TPSA) is 67.3 Å². The van der Waals surface area contributed by atoms with Gasteiger partial charge in [-0.2, -0.15) is 0 Å². The molecule has 0 aliphatic heterocycles. The number of hydrogen-bond acceptors (Lipinski definition) is 5. The van der Waals surface area contributed by atoms with Gasteiger partial charge in [-0.25, -0.2) is 9.97 Å². The van der Waals surface area contributed by atoms with Crippen LogP contribution < -0.4 is 10.1 Å². The number of carbonyl (C=O) groups is 1. The Morgan fingerprint density at radius 3 is 2.83 bits per heavy atom. The van der Waals surface area contributed by atoms with Crippen LogP contribution in [0.1, 0.15) is 30.6 Å². The van der Waals surface area contributed by atoms with Gasteiger partial charge in [0.25, 0.3) is 0 Å². The summed E-state index contributed by atoms with van der Waals surface area (Å²) in [5, 5.41) is 2.94. The number of para-hydroxylation sites is 1. The predicted octanol–water partition coefficient (Wildman–Crippen LogP) is 2.18. The molecule has 1 N–H and O–H groups in total. The molecule has 0 saturated heterocycles. The molecule has 24 heavy (non-hydrogen) atoms. The van der Waals surface area contributed by atoms with Crippen molar-refractivity contribution in [3.8, 4) is 5.75 Å². The maximum atomic E-state index is 12.1. The monoisotopic (exact) mass is 328 g/mol. The fourth-order valence-electron chi connectivity index (χ4n) is 2.38. The summed E-state index contributed by atoms with van der Waals surface area (Å²) in [5.41, 5.74) is 1.91. The number of benzene rings is 1. The first kappa shape index (κ1) is 17.9. The smallest absolute Gasteiger partial charge is 0.221 e. The summed E-state index contributed by atoms with van der Waals surface area (Å²) in [6, 6.07) is 9.70. The lowest BCUT2D eigenvalue weighted by Crippen LogP contribution is -2.30. The first-order valence-corrected chi connectivity index (χ1v) is 7.96. The van der Waals surface area contributed by atoms with Gasteiger partial charge in [0.05, 0.1) is 12.8 Å². The van der Waals surface area contributed by atoms with Crippen molar-refractivity contribution in [2.24, 2.45) is 0 Å². The van der Waals surface area contributed by atoms with E-state index in [4.69, 9.17) is 4.74 Å². The molecule has 0 aliphatic carbocycles. The Morgan fingerprint density at radius 2 is 2.12 bits per heavy atom. The molecule has 0 spiro atoms. The van der Waals surface area contributed by atoms with Crippen LogP contribution in [0.4, 0.5) is 0 Å². The van der Waals surface area contributed by atoms with Crippen LogP contribution in [0.25, 0.3) is 0 Å². The zero-order valence-electron chi connectivity index (χ0n) is 14.4. The van der Waals surface area contributed by atoms with E-state index in [1.807, 2.05) is 37.4 Å². The Kier molecular flexibility index (Phi) is 6.69. The van der Waals surface area contributed by atoms with E-state index in [1.54, 1.807) is 19.6 Å². The number of rotatable bonds is 8. The third-order valence-corrected chi connectivity index (χ3v) is 4.05. The Bertz CT molecular complexity index is 648. The van der Waals surface area contributed by atoms with Gasteiger partial charge in [-0.1, -0.05) is 18.2 Å². The van der Waals surface area contributed by atoms with Crippen molar-refractivity contribution in [1.29, 1.82) is 0 Å². The van der Waals surface area contributed by atoms with Crippen molar-refractivity contribution >= 4 is 5.91 Å². The summed E-state index contributed by atoms with van der Waals surface area (Å²) in [7, 11) is 3.62. The number of ether oxygens (including phenoxy) is 1. The van der Waals surface area contributed by atoms with Crippen LogP contribution in [-0.4, -0.2) is 41.5 Å². The summed E-state index contributed by atoms with van der Waals surface area (Å²) in [5.74, 6) is 0.801. The third-order valence-electron chi connectivity index (χ3n) is 4.05. The maximum absolute atomic E-state index is 12.1. The van der Waals surface area contributed by atoms with Crippen molar-refractivity contribution in [3.63, 3.8) is 0 Å². The van der Waals surface area contributed by atoms with Crippen molar-refractivity contribution in [2.45, 2.75) is 25.9 Å². The summed E-state index contributed by atoms with van der Waals surface area (Å²) in [6.07, 6.45) is 3.70. The SMILES string of the molecule is COc1ccccc1CNC(=O)CCN(C)[C@H](C)c1ccncn1. The zero-order chi connectivity index (χ0) is 17.4. The van der Waals surface area contributed by atoms with Gasteiger partial charge in [0, 0.05) is 37.3 Å². The molecule has 1 heterocycles. The fraction of sp³-hybridized carbons (Fsp3) is 0.389. The van der Waals surface area contributed by atoms with Crippen LogP contribution in [0.3, 0.4) is 0 Å². The summed E-state index contributed by atoms with van der Waals surface area (Å²) >= 11 is 0. The van der Waals surface area contributed by atoms with E-state index in [0.29, 0.717) is 19.5 Å². The second kappa shape index (κ2) is 8.98. The molecule has 1 atom stereocenters. The summed E-state index contributed by atoms with van der Waals surface area (Å²) in [4.78, 5) is 22.4. The molecule has 0 radical (unpaired) electrons. The van der Waals surface area contributed by atoms with E-state index in [9.17, 15) is 4.79 Å². The second-order valence-corrected chi connectivity index (χ2v) is 5.63. The molecule has 0 unspecified atom stereocenters. The van der Waals surface area contributed by atoms with E-state index in [2.05, 4.69) is 27.1 Å². The molecule has 2 aromatic rings. The first-order valence-electron chi connectivity index (χ1n) is 7.96. The molecule has 1 amide bonds. The van der Waals surface area contributed by atoms with Gasteiger partial charge in [0.2, 0.25) is 5.91 Å². The number of methoxy groups -OCH3 is 1. The molecular weight excluding hydrogens is 304 g/mol. The van der Waals surface area contributed by atoms with Crippen LogP contribution in [0.5, 0.6) is 5.75 Å². The highest BCUT2D eigenvalue weighted by atomic mass is 16.5. The van der Waals surface area contributed by atoms with Crippen LogP contribution in [0, 0.1) is 0 Å². The maximum Gasteiger partial charge on any atom is 0.221 e. The van der Waals surface area contributed by atoms with Crippen LogP contribution in [-0.2, 0) is 11.3 Å². The normalized spacial score (nSPS) is 12.0. The second-order valence-electron chi connectivity index (χ2n) is 5.63. The summed E-state index contributed by atoms with van der Waals surface area (Å²) in [6.45, 7) is 3.19. The minimum Gasteiger partial charge on any atom is -0.496 e. The third kappa shape index (κ3) is 5.03. The largest absolute Gasteiger partial charge is 0.496 e. The molecule has 6 heteroatoms. The Hall–Kier alpha value is -2.47. The first-order chi connectivity index (χ1) is 11.6. The van der Waals surface area contributed by atoms with Gasteiger partial charge in [-0.3, -0.25) is 9.69 Å². The van der Waals surface area contributed by atoms with Gasteiger partial charge in [-0.05, 0) is 26.1 Å². The molecule has 0 saturated carbocycles. The Morgan fingerprint density at radius 1 is 1.33 bits per heavy atom. The zero-order valence-corrected chi connectivity index (χ0v) is 14.4. The number of aromatic nitrogens is 2. The minimum atomic E-state index is 0.0163. The van der Waals surface area contributed by atoms with E-state index < -0.39 is 0 Å². The Balaban J connectivity index is 1.78. The quantitative estimate of drug-likeness (QED) is 0.804. The van der Waals surface area contributed by atoms with Gasteiger partial charge >= 0.3 is 0 Å². The molecule has 0 aliphatic rings. The molecule has 6 nitrogen and oxygen atoms in total. The molecule has 1 aromatic carbocycles. The lowest BCUT2D eigenvalue weighted by atomic mass is 10.2. The molecule has 1 aromatic heterocycles. The number of nitrogens with zero attached hydrogens (tertiary/aromatic N) is 3. The van der Waals surface area contributed by atoms with Crippen molar-refractivity contribution < 1.29 is 9.53 Å². The molecule has 2 rings (SSSR count). The number of hydrogen-bond donors (Lipinski definition) is 1. The van der Waals surface area contributed by atoms with E-state index in [0.717, 1.165) is 17.0 Å². The average molecular weight is 328 g/mol. The number of carbonyl (C=O) groups excluding carboxylic acids is 1. The van der Waals surface area contributed by atoms with Gasteiger partial charge in [0.15, 0.2) is 0 Å². The highest BCUT2D eigenvalue weighted by Gasteiger charge is 2.14. The molecule has 0 fully saturated rings. The van der Waals surface area contributed by atoms with Crippen molar-refractivity contribution in [2.75, 3.05) is 20.7 Å². The highest BCUT2D eigenvalue weighted by molar-refractivity contribution is 5.76. The fourth-order valence-corrected chi connectivity index (χ4v) is 2.38. The lowest BCUT2D eigenvalue weighted by Gasteiger charge is -2.23. The van der Waals surface area contributed by atoms with Crippen LogP contribution in [0.2, 0.25) is 0 Å². The van der Waals surface area contributed by atoms with Crippen molar-refractivity contribution in [3.05, 3.63) is 54.1 Å². The van der Waals surface area contributed by atoms with Gasteiger partial charge < -0.3 is 10.1 Å². The van der Waals surface area contributed by atoms with E-state index in [-0.39, 0.29) is 11.9 Å². The van der Waals surface area contributed by atoms with Crippen LogP contribution in [0.15, 0.2) is 42.9 Å². The highest BCUT2D eigenvalue weighted by Crippen LogP contribution is 2.17.